The van der Waals surface area contributed by atoms with Gasteiger partial charge in [0.1, 0.15) is 16.9 Å². The molecule has 2 aliphatic carbocycles. The van der Waals surface area contributed by atoms with Crippen molar-refractivity contribution in [2.75, 3.05) is 5.32 Å². The number of carbonyl (C=O) groups is 3. The van der Waals surface area contributed by atoms with E-state index in [4.69, 9.17) is 5.73 Å². The van der Waals surface area contributed by atoms with Crippen molar-refractivity contribution in [1.29, 1.82) is 0 Å². The molecule has 0 bridgehead atoms. The Morgan fingerprint density at radius 1 is 1.03 bits per heavy atom. The van der Waals surface area contributed by atoms with Crippen molar-refractivity contribution in [1.82, 2.24) is 14.9 Å². The van der Waals surface area contributed by atoms with Gasteiger partial charge in [0, 0.05) is 18.4 Å². The summed E-state index contributed by atoms with van der Waals surface area (Å²) in [6.45, 7) is 3.80. The van der Waals surface area contributed by atoms with Crippen LogP contribution < -0.4 is 21.9 Å². The predicted octanol–water partition coefficient (Wildman–Crippen LogP) is 3.73. The lowest BCUT2D eigenvalue weighted by atomic mass is 9.88. The zero-order valence-corrected chi connectivity index (χ0v) is 22.5. The van der Waals surface area contributed by atoms with Gasteiger partial charge in [0.15, 0.2) is 0 Å². The highest BCUT2D eigenvalue weighted by Crippen LogP contribution is 2.27. The van der Waals surface area contributed by atoms with Crippen LogP contribution >= 0.6 is 0 Å². The zero-order valence-electron chi connectivity index (χ0n) is 22.5. The molecule has 1 saturated carbocycles. The van der Waals surface area contributed by atoms with Crippen LogP contribution in [0.15, 0.2) is 29.2 Å². The highest BCUT2D eigenvalue weighted by atomic mass is 16.2. The van der Waals surface area contributed by atoms with Crippen molar-refractivity contribution in [2.45, 2.75) is 96.6 Å². The molecule has 3 amide bonds. The summed E-state index contributed by atoms with van der Waals surface area (Å²) in [7, 11) is 0. The summed E-state index contributed by atoms with van der Waals surface area (Å²) in [6.07, 6.45) is 13.2. The number of carbonyl (C=O) groups excluding carboxylic acids is 3. The Balaban J connectivity index is 1.57. The van der Waals surface area contributed by atoms with E-state index in [1.165, 1.54) is 37.6 Å². The molecule has 9 nitrogen and oxygen atoms in total. The molecule has 204 valence electrons. The summed E-state index contributed by atoms with van der Waals surface area (Å²) in [4.78, 5) is 55.5. The van der Waals surface area contributed by atoms with Gasteiger partial charge in [0.25, 0.3) is 17.4 Å². The Kier molecular flexibility index (Phi) is 8.64. The highest BCUT2D eigenvalue weighted by molar-refractivity contribution is 6.03. The van der Waals surface area contributed by atoms with E-state index >= 15 is 0 Å². The number of rotatable bonds is 7. The van der Waals surface area contributed by atoms with Crippen molar-refractivity contribution in [3.8, 4) is 0 Å². The lowest BCUT2D eigenvalue weighted by Gasteiger charge is -2.28. The molecule has 0 saturated heterocycles. The zero-order chi connectivity index (χ0) is 27.3. The van der Waals surface area contributed by atoms with Gasteiger partial charge in [-0.15, -0.1) is 0 Å². The highest BCUT2D eigenvalue weighted by Gasteiger charge is 2.32. The lowest BCUT2D eigenvalue weighted by Crippen LogP contribution is -2.53. The third-order valence-corrected chi connectivity index (χ3v) is 7.79. The average Bonchev–Trinajstić information content (AvgIpc) is 2.87. The molecule has 2 aromatic rings. The van der Waals surface area contributed by atoms with Crippen LogP contribution in [0.1, 0.15) is 104 Å². The van der Waals surface area contributed by atoms with Gasteiger partial charge in [-0.25, -0.2) is 4.98 Å². The van der Waals surface area contributed by atoms with Gasteiger partial charge >= 0.3 is 0 Å². The third kappa shape index (κ3) is 6.49. The molecule has 0 atom stereocenters. The molecular formula is C29H39N5O4. The minimum atomic E-state index is -1.33. The number of nitrogens with one attached hydrogen (secondary N) is 2. The topological polar surface area (TPSA) is 136 Å². The van der Waals surface area contributed by atoms with E-state index in [0.717, 1.165) is 62.6 Å². The normalized spacial score (nSPS) is 16.6. The van der Waals surface area contributed by atoms with E-state index < -0.39 is 23.3 Å². The number of anilines is 1. The average molecular weight is 522 g/mol. The number of amides is 3. The van der Waals surface area contributed by atoms with Crippen LogP contribution in [-0.2, 0) is 24.2 Å². The fraction of sp³-hybridized carbons (Fsp3) is 0.552. The van der Waals surface area contributed by atoms with Crippen LogP contribution in [0.2, 0.25) is 0 Å². The van der Waals surface area contributed by atoms with Crippen molar-refractivity contribution in [2.24, 2.45) is 11.7 Å². The Labute approximate surface area is 223 Å². The van der Waals surface area contributed by atoms with Crippen molar-refractivity contribution >= 4 is 23.5 Å². The van der Waals surface area contributed by atoms with Crippen LogP contribution in [0.25, 0.3) is 0 Å². The minimum Gasteiger partial charge on any atom is -0.366 e. The maximum Gasteiger partial charge on any atom is 0.263 e. The second-order valence-electron chi connectivity index (χ2n) is 11.2. The third-order valence-electron chi connectivity index (χ3n) is 7.79. The second-order valence-corrected chi connectivity index (χ2v) is 11.2. The van der Waals surface area contributed by atoms with Gasteiger partial charge in [0.2, 0.25) is 5.91 Å². The van der Waals surface area contributed by atoms with Crippen molar-refractivity contribution < 1.29 is 14.4 Å². The van der Waals surface area contributed by atoms with Crippen LogP contribution in [0.4, 0.5) is 5.82 Å². The van der Waals surface area contributed by atoms with Crippen LogP contribution in [-0.4, -0.2) is 32.8 Å². The molecule has 2 heterocycles. The molecule has 4 rings (SSSR count). The minimum absolute atomic E-state index is 0.0879. The van der Waals surface area contributed by atoms with Crippen molar-refractivity contribution in [3.05, 3.63) is 57.1 Å². The molecule has 0 aromatic carbocycles. The number of pyridine rings is 2. The van der Waals surface area contributed by atoms with Gasteiger partial charge < -0.3 is 20.9 Å². The standard InChI is InChI=1S/C29H39N5O4/c1-29(2,28(38)32-24-15-14-21(17-31-24)25(30)35)33-26(36)22-16-20-12-8-3-4-9-13-23(20)34(27(22)37)18-19-10-6-5-7-11-19/h14-17,19H,3-13,18H2,1-2H3,(H2,30,35)(H,33,36)(H,31,32,38). The molecule has 38 heavy (non-hydrogen) atoms. The number of primary amides is 1. The first-order valence-corrected chi connectivity index (χ1v) is 13.8. The van der Waals surface area contributed by atoms with E-state index in [9.17, 15) is 19.2 Å². The summed E-state index contributed by atoms with van der Waals surface area (Å²) in [5.41, 5.74) is 6.11. The Morgan fingerprint density at radius 3 is 2.37 bits per heavy atom. The Bertz CT molecular complexity index is 1240. The van der Waals surface area contributed by atoms with Gasteiger partial charge in [-0.3, -0.25) is 19.2 Å². The SMILES string of the molecule is CC(C)(NC(=O)c1cc2c(n(CC3CCCCC3)c1=O)CCCCCC2)C(=O)Nc1ccc(C(N)=O)cn1. The largest absolute Gasteiger partial charge is 0.366 e. The molecule has 0 spiro atoms. The van der Waals surface area contributed by atoms with E-state index in [2.05, 4.69) is 15.6 Å². The lowest BCUT2D eigenvalue weighted by molar-refractivity contribution is -0.121. The first kappa shape index (κ1) is 27.5. The Hall–Kier alpha value is -3.49. The molecule has 0 aliphatic heterocycles. The molecule has 1 fully saturated rings. The van der Waals surface area contributed by atoms with Crippen LogP contribution in [0, 0.1) is 5.92 Å². The van der Waals surface area contributed by atoms with Crippen LogP contribution in [0.5, 0.6) is 0 Å². The monoisotopic (exact) mass is 521 g/mol. The van der Waals surface area contributed by atoms with E-state index in [1.807, 2.05) is 4.57 Å². The van der Waals surface area contributed by atoms with Gasteiger partial charge in [-0.2, -0.15) is 0 Å². The summed E-state index contributed by atoms with van der Waals surface area (Å²) in [5.74, 6) is -1.01. The first-order valence-electron chi connectivity index (χ1n) is 13.8. The number of aryl methyl sites for hydroxylation is 1. The smallest absolute Gasteiger partial charge is 0.263 e. The molecule has 0 radical (unpaired) electrons. The molecule has 2 aliphatic rings. The molecule has 9 heteroatoms. The quantitative estimate of drug-likeness (QED) is 0.510. The second kappa shape index (κ2) is 11.9. The van der Waals surface area contributed by atoms with Gasteiger partial charge in [0.05, 0.1) is 5.56 Å². The number of nitrogens with two attached hydrogens (primary N) is 1. The Morgan fingerprint density at radius 2 is 1.71 bits per heavy atom. The number of hydrogen-bond donors (Lipinski definition) is 3. The van der Waals surface area contributed by atoms with E-state index in [1.54, 1.807) is 19.9 Å². The summed E-state index contributed by atoms with van der Waals surface area (Å²) in [5, 5.41) is 5.41. The fourth-order valence-corrected chi connectivity index (χ4v) is 5.51. The van der Waals surface area contributed by atoms with Crippen LogP contribution in [0.3, 0.4) is 0 Å². The number of fused-ring (bicyclic) bond motifs is 1. The fourth-order valence-electron chi connectivity index (χ4n) is 5.51. The first-order chi connectivity index (χ1) is 18.2. The predicted molar refractivity (Wildman–Crippen MR) is 146 cm³/mol. The van der Waals surface area contributed by atoms with E-state index in [0.29, 0.717) is 12.5 Å². The van der Waals surface area contributed by atoms with Gasteiger partial charge in [-0.1, -0.05) is 32.1 Å². The number of aromatic nitrogens is 2. The number of nitrogens with zero attached hydrogens (tertiary/aromatic N) is 2. The van der Waals surface area contributed by atoms with E-state index in [-0.39, 0.29) is 22.5 Å². The van der Waals surface area contributed by atoms with Gasteiger partial charge in [-0.05, 0) is 82.1 Å². The van der Waals surface area contributed by atoms with Crippen molar-refractivity contribution in [3.63, 3.8) is 0 Å². The summed E-state index contributed by atoms with van der Waals surface area (Å²) >= 11 is 0. The molecule has 0 unspecified atom stereocenters. The number of hydrogen-bond acceptors (Lipinski definition) is 5. The maximum atomic E-state index is 13.7. The summed E-state index contributed by atoms with van der Waals surface area (Å²) < 4.78 is 1.88. The maximum absolute atomic E-state index is 13.7. The molecule has 2 aromatic heterocycles. The molecule has 4 N–H and O–H groups in total. The molecular weight excluding hydrogens is 482 g/mol. The summed E-state index contributed by atoms with van der Waals surface area (Å²) in [6, 6.07) is 4.69.